The van der Waals surface area contributed by atoms with Crippen LogP contribution in [0, 0.1) is 0 Å². The maximum Gasteiger partial charge on any atom is 0.219 e. The molecule has 0 bridgehead atoms. The van der Waals surface area contributed by atoms with Crippen molar-refractivity contribution < 1.29 is 4.79 Å². The van der Waals surface area contributed by atoms with E-state index >= 15 is 0 Å². The fraction of sp³-hybridized carbons (Fsp3) is 0.909. The number of hydrogen-bond acceptors (Lipinski definition) is 3. The van der Waals surface area contributed by atoms with E-state index in [1.54, 1.807) is 0 Å². The van der Waals surface area contributed by atoms with Gasteiger partial charge in [0.2, 0.25) is 5.91 Å². The molecule has 0 spiro atoms. The van der Waals surface area contributed by atoms with Crippen molar-refractivity contribution in [3.63, 3.8) is 0 Å². The molecule has 0 fully saturated rings. The van der Waals surface area contributed by atoms with Gasteiger partial charge in [0.1, 0.15) is 0 Å². The topological polar surface area (TPSA) is 104 Å². The van der Waals surface area contributed by atoms with Crippen LogP contribution in [0.1, 0.15) is 44.9 Å². The summed E-state index contributed by atoms with van der Waals surface area (Å²) >= 11 is 0. The van der Waals surface area contributed by atoms with Crippen molar-refractivity contribution in [2.24, 2.45) is 10.8 Å². The number of nitrogens with zero attached hydrogens (tertiary/aromatic N) is 3. The number of azide groups is 1. The predicted octanol–water partition coefficient (Wildman–Crippen LogP) is 2.52. The van der Waals surface area contributed by atoms with Gasteiger partial charge >= 0.3 is 0 Å². The van der Waals surface area contributed by atoms with Gasteiger partial charge in [-0.05, 0) is 37.8 Å². The summed E-state index contributed by atoms with van der Waals surface area (Å²) in [6, 6.07) is 0. The number of carbonyl (C=O) groups is 1. The molecule has 6 nitrogen and oxygen atoms in total. The SMILES string of the molecule is Cl.[N-]=[N+]=NCCCCCC(=O)NCCCCCN. The van der Waals surface area contributed by atoms with Crippen LogP contribution >= 0.6 is 12.4 Å². The van der Waals surface area contributed by atoms with E-state index in [4.69, 9.17) is 11.3 Å². The molecule has 0 aromatic heterocycles. The van der Waals surface area contributed by atoms with Crippen molar-refractivity contribution in [2.45, 2.75) is 44.9 Å². The molecule has 0 unspecified atom stereocenters. The molecule has 0 aliphatic carbocycles. The number of amides is 1. The first-order valence-electron chi connectivity index (χ1n) is 6.29. The second-order valence-corrected chi connectivity index (χ2v) is 3.96. The molecule has 7 heteroatoms. The number of hydrogen-bond donors (Lipinski definition) is 2. The Bertz CT molecular complexity index is 244. The lowest BCUT2D eigenvalue weighted by molar-refractivity contribution is -0.121. The van der Waals surface area contributed by atoms with Crippen LogP contribution in [0.25, 0.3) is 10.4 Å². The molecular weight excluding hydrogens is 254 g/mol. The standard InChI is InChI=1S/C11H23N5O.ClH/c12-8-4-2-5-9-14-11(17)7-3-1-6-10-15-16-13;/h1-10,12H2,(H,14,17);1H. The fourth-order valence-corrected chi connectivity index (χ4v) is 1.45. The third-order valence-corrected chi connectivity index (χ3v) is 2.43. The number of rotatable bonds is 11. The zero-order valence-electron chi connectivity index (χ0n) is 10.8. The highest BCUT2D eigenvalue weighted by Gasteiger charge is 1.99. The van der Waals surface area contributed by atoms with Gasteiger partial charge in [-0.2, -0.15) is 0 Å². The maximum atomic E-state index is 11.3. The summed E-state index contributed by atoms with van der Waals surface area (Å²) in [4.78, 5) is 14.0. The van der Waals surface area contributed by atoms with Gasteiger partial charge in [-0.3, -0.25) is 4.79 Å². The Kier molecular flexibility index (Phi) is 17.3. The number of halogens is 1. The highest BCUT2D eigenvalue weighted by molar-refractivity contribution is 5.85. The first-order valence-corrected chi connectivity index (χ1v) is 6.29. The lowest BCUT2D eigenvalue weighted by Crippen LogP contribution is -2.24. The average Bonchev–Trinajstić information content (AvgIpc) is 2.33. The Balaban J connectivity index is 0. The molecule has 0 saturated carbocycles. The van der Waals surface area contributed by atoms with Crippen LogP contribution in [0.2, 0.25) is 0 Å². The summed E-state index contributed by atoms with van der Waals surface area (Å²) in [6.07, 6.45) is 6.30. The predicted molar refractivity (Wildman–Crippen MR) is 75.6 cm³/mol. The van der Waals surface area contributed by atoms with Crippen molar-refractivity contribution in [1.82, 2.24) is 5.32 Å². The summed E-state index contributed by atoms with van der Waals surface area (Å²) in [6.45, 7) is 1.99. The van der Waals surface area contributed by atoms with E-state index in [0.717, 1.165) is 51.6 Å². The average molecular weight is 278 g/mol. The van der Waals surface area contributed by atoms with Crippen molar-refractivity contribution in [3.8, 4) is 0 Å². The zero-order valence-corrected chi connectivity index (χ0v) is 11.6. The third-order valence-electron chi connectivity index (χ3n) is 2.43. The normalized spacial score (nSPS) is 9.17. The van der Waals surface area contributed by atoms with Gasteiger partial charge in [-0.15, -0.1) is 12.4 Å². The Morgan fingerprint density at radius 2 is 1.89 bits per heavy atom. The molecule has 18 heavy (non-hydrogen) atoms. The van der Waals surface area contributed by atoms with Gasteiger partial charge in [-0.25, -0.2) is 0 Å². The van der Waals surface area contributed by atoms with E-state index in [9.17, 15) is 4.79 Å². The lowest BCUT2D eigenvalue weighted by atomic mass is 10.2. The fourth-order valence-electron chi connectivity index (χ4n) is 1.45. The first kappa shape index (κ1) is 19.4. The Labute approximate surface area is 115 Å². The van der Waals surface area contributed by atoms with Crippen molar-refractivity contribution in [1.29, 1.82) is 0 Å². The minimum atomic E-state index is 0. The summed E-state index contributed by atoms with van der Waals surface area (Å²) < 4.78 is 0. The van der Waals surface area contributed by atoms with Crippen molar-refractivity contribution >= 4 is 18.3 Å². The minimum absolute atomic E-state index is 0. The van der Waals surface area contributed by atoms with E-state index in [1.807, 2.05) is 0 Å². The minimum Gasteiger partial charge on any atom is -0.356 e. The quantitative estimate of drug-likeness (QED) is 0.262. The molecule has 0 radical (unpaired) electrons. The molecule has 0 heterocycles. The zero-order chi connectivity index (χ0) is 12.8. The van der Waals surface area contributed by atoms with Gasteiger partial charge in [0.15, 0.2) is 0 Å². The summed E-state index contributed by atoms with van der Waals surface area (Å²) in [7, 11) is 0. The van der Waals surface area contributed by atoms with Crippen LogP contribution in [-0.2, 0) is 4.79 Å². The van der Waals surface area contributed by atoms with Gasteiger partial charge in [0.05, 0.1) is 0 Å². The molecule has 0 aromatic carbocycles. The van der Waals surface area contributed by atoms with E-state index in [1.165, 1.54) is 0 Å². The van der Waals surface area contributed by atoms with E-state index in [0.29, 0.717) is 13.0 Å². The molecule has 0 aliphatic heterocycles. The summed E-state index contributed by atoms with van der Waals surface area (Å²) in [5, 5.41) is 6.32. The lowest BCUT2D eigenvalue weighted by Gasteiger charge is -2.04. The van der Waals surface area contributed by atoms with Crippen LogP contribution in [-0.4, -0.2) is 25.5 Å². The second-order valence-electron chi connectivity index (χ2n) is 3.96. The number of carbonyl (C=O) groups excluding carboxylic acids is 1. The third kappa shape index (κ3) is 15.0. The van der Waals surface area contributed by atoms with Crippen LogP contribution in [0.4, 0.5) is 0 Å². The maximum absolute atomic E-state index is 11.3. The highest BCUT2D eigenvalue weighted by atomic mass is 35.5. The number of nitrogens with one attached hydrogen (secondary N) is 1. The molecule has 0 atom stereocenters. The summed E-state index contributed by atoms with van der Waals surface area (Å²) in [5.41, 5.74) is 13.4. The molecule has 106 valence electrons. The van der Waals surface area contributed by atoms with Gasteiger partial charge in [0.25, 0.3) is 0 Å². The van der Waals surface area contributed by atoms with Crippen LogP contribution in [0.3, 0.4) is 0 Å². The molecule has 3 N–H and O–H groups in total. The van der Waals surface area contributed by atoms with Crippen LogP contribution in [0.5, 0.6) is 0 Å². The largest absolute Gasteiger partial charge is 0.356 e. The highest BCUT2D eigenvalue weighted by Crippen LogP contribution is 2.00. The van der Waals surface area contributed by atoms with Gasteiger partial charge < -0.3 is 11.1 Å². The van der Waals surface area contributed by atoms with Gasteiger partial charge in [-0.1, -0.05) is 18.0 Å². The second kappa shape index (κ2) is 16.0. The van der Waals surface area contributed by atoms with E-state index in [2.05, 4.69) is 15.3 Å². The Morgan fingerprint density at radius 1 is 1.17 bits per heavy atom. The molecule has 0 aliphatic rings. The van der Waals surface area contributed by atoms with E-state index < -0.39 is 0 Å². The van der Waals surface area contributed by atoms with Crippen LogP contribution < -0.4 is 11.1 Å². The summed E-state index contributed by atoms with van der Waals surface area (Å²) in [5.74, 6) is 0.113. The Morgan fingerprint density at radius 3 is 2.56 bits per heavy atom. The molecule has 0 aromatic rings. The molecule has 0 saturated heterocycles. The van der Waals surface area contributed by atoms with Crippen molar-refractivity contribution in [2.75, 3.05) is 19.6 Å². The smallest absolute Gasteiger partial charge is 0.219 e. The first-order chi connectivity index (χ1) is 8.31. The molecular formula is C11H24ClN5O. The Hall–Kier alpha value is -0.970. The van der Waals surface area contributed by atoms with Gasteiger partial charge in [0, 0.05) is 24.4 Å². The van der Waals surface area contributed by atoms with E-state index in [-0.39, 0.29) is 18.3 Å². The van der Waals surface area contributed by atoms with Crippen LogP contribution in [0.15, 0.2) is 5.11 Å². The number of unbranched alkanes of at least 4 members (excludes halogenated alkanes) is 4. The molecule has 0 rings (SSSR count). The van der Waals surface area contributed by atoms with Crippen molar-refractivity contribution in [3.05, 3.63) is 10.4 Å². The molecule has 1 amide bonds. The number of nitrogens with two attached hydrogens (primary N) is 1. The monoisotopic (exact) mass is 277 g/mol.